The first-order chi connectivity index (χ1) is 31.6. The summed E-state index contributed by atoms with van der Waals surface area (Å²) in [6.45, 7) is 4.93. The fourth-order valence-corrected chi connectivity index (χ4v) is 8.32. The summed E-state index contributed by atoms with van der Waals surface area (Å²) >= 11 is 0. The van der Waals surface area contributed by atoms with Gasteiger partial charge in [0.25, 0.3) is 0 Å². The van der Waals surface area contributed by atoms with E-state index < -0.39 is 64.0 Å². The van der Waals surface area contributed by atoms with Crippen LogP contribution in [0.2, 0.25) is 0 Å². The predicted octanol–water partition coefficient (Wildman–Crippen LogP) is -2.61. The number of hydrogen-bond donors (Lipinski definition) is 4. The minimum Gasteiger partial charge on any atom is -0.744 e. The van der Waals surface area contributed by atoms with Crippen LogP contribution in [0.25, 0.3) is 6.08 Å². The van der Waals surface area contributed by atoms with Gasteiger partial charge in [0.1, 0.15) is 43.1 Å². The molecular weight excluding hydrogens is 961 g/mol. The molecule has 5 aliphatic rings. The molecule has 340 valence electrons. The number of ether oxygens (including phenoxy) is 2. The predicted molar refractivity (Wildman–Crippen MR) is 240 cm³/mol. The maximum Gasteiger partial charge on any atom is 1.00 e. The molecule has 0 bridgehead atoms. The van der Waals surface area contributed by atoms with Crippen LogP contribution >= 0.6 is 0 Å². The molecule has 0 amide bonds. The van der Waals surface area contributed by atoms with Gasteiger partial charge in [0.15, 0.2) is 0 Å². The molecule has 26 heteroatoms. The fourth-order valence-electron chi connectivity index (χ4n) is 7.01. The zero-order valence-electron chi connectivity index (χ0n) is 36.4. The molecule has 2 saturated heterocycles. The van der Waals surface area contributed by atoms with Crippen LogP contribution in [0.15, 0.2) is 138 Å². The average Bonchev–Trinajstić information content (AvgIpc) is 3.30. The number of ketones is 3. The number of hydrogen-bond acceptors (Lipinski definition) is 22. The molecule has 68 heavy (non-hydrogen) atoms. The summed E-state index contributed by atoms with van der Waals surface area (Å²) in [5.41, 5.74) is 14.2. The Bertz CT molecular complexity index is 3030. The summed E-state index contributed by atoms with van der Waals surface area (Å²) in [4.78, 5) is 41.3. The van der Waals surface area contributed by atoms with Crippen molar-refractivity contribution < 1.29 is 131 Å². The van der Waals surface area contributed by atoms with Crippen LogP contribution in [0.5, 0.6) is 0 Å². The van der Waals surface area contributed by atoms with Crippen molar-refractivity contribution in [1.82, 2.24) is 9.80 Å². The van der Waals surface area contributed by atoms with Gasteiger partial charge in [-0.1, -0.05) is 0 Å². The van der Waals surface area contributed by atoms with Gasteiger partial charge in [-0.2, -0.15) is 20.4 Å². The van der Waals surface area contributed by atoms with Gasteiger partial charge in [0.05, 0.1) is 70.2 Å². The summed E-state index contributed by atoms with van der Waals surface area (Å²) in [5.74, 6) is -1.80. The molecule has 0 unspecified atom stereocenters. The summed E-state index contributed by atoms with van der Waals surface area (Å²) in [7, 11) is -10.8. The van der Waals surface area contributed by atoms with Crippen molar-refractivity contribution in [1.29, 1.82) is 0 Å². The number of morpholine rings is 2. The number of Topliss-reactive ketones (excluding diaryl/α,β-unsaturated/α-hetero) is 1. The van der Waals surface area contributed by atoms with E-state index in [4.69, 9.17) is 15.2 Å². The maximum atomic E-state index is 13.9. The molecule has 8 rings (SSSR count). The molecule has 2 heterocycles. The van der Waals surface area contributed by atoms with Crippen molar-refractivity contribution in [3.8, 4) is 0 Å². The molecule has 0 atom stereocenters. The van der Waals surface area contributed by atoms with Crippen LogP contribution in [0, 0.1) is 0 Å². The van der Waals surface area contributed by atoms with Crippen LogP contribution in [0.1, 0.15) is 15.9 Å². The smallest absolute Gasteiger partial charge is 0.744 e. The topological polar surface area (TPSA) is 314 Å². The monoisotopic (exact) mass is 997 g/mol. The third kappa shape index (κ3) is 12.5. The second-order valence-electron chi connectivity index (χ2n) is 14.7. The summed E-state index contributed by atoms with van der Waals surface area (Å²) in [5, 5.41) is 20.2. The molecule has 0 aromatic heterocycles. The number of rotatable bonds is 12. The summed E-state index contributed by atoms with van der Waals surface area (Å²) < 4.78 is 85.4. The molecule has 2 fully saturated rings. The summed E-state index contributed by atoms with van der Waals surface area (Å²) in [6.07, 6.45) is 10.4. The van der Waals surface area contributed by atoms with Crippen LogP contribution in [-0.2, 0) is 39.3 Å². The maximum absolute atomic E-state index is 13.9. The Morgan fingerprint density at radius 3 is 1.51 bits per heavy atom. The minimum atomic E-state index is -5.44. The summed E-state index contributed by atoms with van der Waals surface area (Å²) in [6, 6.07) is 12.6. The molecule has 0 saturated carbocycles. The number of nitrogens with zero attached hydrogens (tertiary/aromatic N) is 7. The van der Waals surface area contributed by atoms with Gasteiger partial charge in [-0.15, -0.1) is 5.11 Å². The van der Waals surface area contributed by atoms with Crippen molar-refractivity contribution in [2.75, 3.05) is 74.6 Å². The van der Waals surface area contributed by atoms with E-state index in [1.165, 1.54) is 60.7 Å². The fraction of sp³-hybridized carbons (Fsp3) is 0.190. The molecule has 3 aromatic carbocycles. The second-order valence-corrected chi connectivity index (χ2v) is 17.4. The first-order valence-corrected chi connectivity index (χ1v) is 22.8. The van der Waals surface area contributed by atoms with Gasteiger partial charge in [-0.25, -0.2) is 16.8 Å². The Kier molecular flexibility index (Phi) is 17.5. The number of benzene rings is 3. The number of nitrogens with two attached hydrogens (primary N) is 1. The first-order valence-electron chi connectivity index (χ1n) is 19.9. The molecule has 22 nitrogen and oxygen atoms in total. The molecule has 2 aliphatic heterocycles. The molecule has 3 aromatic rings. The standard InChI is InChI=1S/C42H39N11O11S2.K.Na/c43-39-38-25(21-36(65(57,58)59)40(39)50-46-28-5-1-26(2-6-28)44-48-32-11-9-30(23-34(32)54)52-13-17-63-18-14-52)22-37(66(60,61)62)41(42(38)56)51-47-29-7-3-27(4-8-29)45-49-33-12-10-31(24-35(33)55)53-15-19-64-20-16-53;;/h1-12,21-24,44-45,47H,13-20,43H2,(H,57,58,59)(H,60,61,62);;/q;2*+1/p-2/b48-32+,49-33-,50-46?,51-41+;;. The van der Waals surface area contributed by atoms with E-state index in [1.54, 1.807) is 24.3 Å². The zero-order chi connectivity index (χ0) is 46.6. The Labute approximate surface area is 454 Å². The number of anilines is 4. The SMILES string of the molecule is Nc1c(N=Nc2ccc(N/N=C3\C=CC(N4CCOCC4)=CC3=O)cc2)c(S(=O)(=O)[O-])cc2c1C(=O)/C(=N/Nc1ccc(N/N=C3/C=CC(N4CCOCC4)=CC3=O)cc1)C(S(=O)(=O)[O-])=C2.[K+].[Na+]. The van der Waals surface area contributed by atoms with Crippen LogP contribution in [0.4, 0.5) is 34.1 Å². The van der Waals surface area contributed by atoms with Gasteiger partial charge in [-0.05, 0) is 90.5 Å². The van der Waals surface area contributed by atoms with E-state index in [9.17, 15) is 40.3 Å². The van der Waals surface area contributed by atoms with Crippen LogP contribution < -0.4 is 103 Å². The Morgan fingerprint density at radius 1 is 0.618 bits per heavy atom. The van der Waals surface area contributed by atoms with Crippen LogP contribution in [-0.4, -0.2) is 123 Å². The largest absolute Gasteiger partial charge is 1.00 e. The number of azo groups is 1. The van der Waals surface area contributed by atoms with Gasteiger partial charge < -0.3 is 34.1 Å². The quantitative estimate of drug-likeness (QED) is 0.0361. The average molecular weight is 998 g/mol. The minimum absolute atomic E-state index is 0. The van der Waals surface area contributed by atoms with E-state index in [-0.39, 0.29) is 115 Å². The third-order valence-corrected chi connectivity index (χ3v) is 12.1. The number of allylic oxidation sites excluding steroid dienone is 7. The van der Waals surface area contributed by atoms with Crippen molar-refractivity contribution >= 4 is 94.9 Å². The molecule has 3 aliphatic carbocycles. The van der Waals surface area contributed by atoms with Crippen molar-refractivity contribution in [2.45, 2.75) is 4.90 Å². The van der Waals surface area contributed by atoms with Crippen molar-refractivity contribution in [3.05, 3.63) is 118 Å². The Morgan fingerprint density at radius 2 is 1.07 bits per heavy atom. The number of hydrazone groups is 3. The van der Waals surface area contributed by atoms with Crippen LogP contribution in [0.3, 0.4) is 0 Å². The first kappa shape index (κ1) is 52.5. The molecular formula is C42H37KN11NaO11S2. The van der Waals surface area contributed by atoms with Crippen molar-refractivity contribution in [2.24, 2.45) is 25.5 Å². The van der Waals surface area contributed by atoms with Gasteiger partial charge in [0, 0.05) is 49.7 Å². The Hall–Kier alpha value is -4.84. The van der Waals surface area contributed by atoms with Gasteiger partial charge in [-0.3, -0.25) is 30.7 Å². The number of nitrogens with one attached hydrogen (secondary N) is 3. The van der Waals surface area contributed by atoms with Gasteiger partial charge >= 0.3 is 80.9 Å². The number of carbonyl (C=O) groups is 3. The van der Waals surface area contributed by atoms with E-state index >= 15 is 0 Å². The Balaban J connectivity index is 0.00000381. The molecule has 5 N–H and O–H groups in total. The third-order valence-electron chi connectivity index (χ3n) is 10.4. The van der Waals surface area contributed by atoms with Crippen molar-refractivity contribution in [3.63, 3.8) is 0 Å². The zero-order valence-corrected chi connectivity index (χ0v) is 43.2. The molecule has 0 radical (unpaired) electrons. The second kappa shape index (κ2) is 22.7. The van der Waals surface area contributed by atoms with E-state index in [1.807, 2.05) is 9.80 Å². The van der Waals surface area contributed by atoms with Gasteiger partial charge in [0.2, 0.25) is 17.3 Å². The normalized spacial score (nSPS) is 19.3. The number of fused-ring (bicyclic) bond motifs is 1. The van der Waals surface area contributed by atoms with E-state index in [0.29, 0.717) is 76.1 Å². The molecule has 0 spiro atoms. The van der Waals surface area contributed by atoms with E-state index in [0.717, 1.165) is 11.4 Å². The van der Waals surface area contributed by atoms with E-state index in [2.05, 4.69) is 41.8 Å². The number of carbonyl (C=O) groups excluding carboxylic acids is 3. The number of nitrogen functional groups attached to an aromatic ring is 1.